The fourth-order valence-electron chi connectivity index (χ4n) is 4.00. The number of rotatable bonds is 4. The van der Waals surface area contributed by atoms with Gasteiger partial charge in [-0.25, -0.2) is 0 Å². The van der Waals surface area contributed by atoms with Gasteiger partial charge < -0.3 is 29.5 Å². The molecule has 2 aliphatic rings. The number of aliphatic hydroxyl groups is 3. The van der Waals surface area contributed by atoms with Crippen molar-refractivity contribution in [3.05, 3.63) is 23.3 Å². The van der Waals surface area contributed by atoms with E-state index in [1.54, 1.807) is 6.07 Å². The molecule has 0 aromatic heterocycles. The van der Waals surface area contributed by atoms with E-state index < -0.39 is 6.16 Å². The number of piperidine rings is 1. The van der Waals surface area contributed by atoms with Gasteiger partial charge in [-0.1, -0.05) is 0 Å². The van der Waals surface area contributed by atoms with Crippen LogP contribution in [0.2, 0.25) is 0 Å². The SMILES string of the molecule is COc1cc2c(cc1OC(O)(O)O)CCN1CC(OC(C)(C)C)CCC21. The Kier molecular flexibility index (Phi) is 5.20. The fraction of sp³-hybridized carbons (Fsp3) is 0.684. The summed E-state index contributed by atoms with van der Waals surface area (Å²) in [5.74, 6) is 0.470. The molecule has 3 rings (SSSR count). The molecule has 0 spiro atoms. The third-order valence-corrected chi connectivity index (χ3v) is 4.86. The van der Waals surface area contributed by atoms with Gasteiger partial charge in [0.2, 0.25) is 0 Å². The van der Waals surface area contributed by atoms with E-state index in [1.165, 1.54) is 7.11 Å². The minimum absolute atomic E-state index is 0.108. The lowest BCUT2D eigenvalue weighted by Crippen LogP contribution is -2.47. The Morgan fingerprint density at radius 2 is 1.81 bits per heavy atom. The lowest BCUT2D eigenvalue weighted by atomic mass is 9.85. The Morgan fingerprint density at radius 1 is 1.08 bits per heavy atom. The molecule has 0 saturated carbocycles. The third-order valence-electron chi connectivity index (χ3n) is 4.86. The minimum Gasteiger partial charge on any atom is -0.493 e. The Balaban J connectivity index is 1.82. The summed E-state index contributed by atoms with van der Waals surface area (Å²) in [5.41, 5.74) is 2.09. The molecule has 7 nitrogen and oxygen atoms in total. The van der Waals surface area contributed by atoms with Gasteiger partial charge in [0.05, 0.1) is 18.8 Å². The summed E-state index contributed by atoms with van der Waals surface area (Å²) in [6, 6.07) is 3.88. The molecule has 2 atom stereocenters. The van der Waals surface area contributed by atoms with E-state index >= 15 is 0 Å². The van der Waals surface area contributed by atoms with Crippen molar-refractivity contribution in [1.29, 1.82) is 0 Å². The van der Waals surface area contributed by atoms with Crippen LogP contribution < -0.4 is 9.47 Å². The minimum atomic E-state index is -3.23. The Morgan fingerprint density at radius 3 is 2.42 bits per heavy atom. The topological polar surface area (TPSA) is 91.6 Å². The average molecular weight is 367 g/mol. The van der Waals surface area contributed by atoms with Crippen LogP contribution in [0.5, 0.6) is 11.5 Å². The van der Waals surface area contributed by atoms with Gasteiger partial charge in [-0.05, 0) is 63.3 Å². The van der Waals surface area contributed by atoms with Gasteiger partial charge in [0.15, 0.2) is 11.5 Å². The van der Waals surface area contributed by atoms with E-state index in [1.807, 2.05) is 6.07 Å². The normalized spacial score (nSPS) is 24.0. The Hall–Kier alpha value is -1.38. The van der Waals surface area contributed by atoms with Crippen molar-refractivity contribution in [3.8, 4) is 11.5 Å². The van der Waals surface area contributed by atoms with Gasteiger partial charge in [0.25, 0.3) is 0 Å². The Bertz CT molecular complexity index is 649. The second-order valence-corrected chi connectivity index (χ2v) is 8.07. The zero-order chi connectivity index (χ0) is 19.1. The quantitative estimate of drug-likeness (QED) is 0.695. The largest absolute Gasteiger partial charge is 0.493 e. The molecule has 0 radical (unpaired) electrons. The predicted molar refractivity (Wildman–Crippen MR) is 94.9 cm³/mol. The van der Waals surface area contributed by atoms with Crippen LogP contribution in [0.3, 0.4) is 0 Å². The van der Waals surface area contributed by atoms with E-state index in [-0.39, 0.29) is 23.5 Å². The highest BCUT2D eigenvalue weighted by Crippen LogP contribution is 2.42. The zero-order valence-electron chi connectivity index (χ0n) is 15.9. The molecule has 0 aliphatic carbocycles. The number of ether oxygens (including phenoxy) is 3. The molecule has 1 aromatic rings. The first-order chi connectivity index (χ1) is 12.1. The summed E-state index contributed by atoms with van der Waals surface area (Å²) >= 11 is 0. The molecule has 1 aromatic carbocycles. The van der Waals surface area contributed by atoms with Crippen molar-refractivity contribution in [2.75, 3.05) is 20.2 Å². The second-order valence-electron chi connectivity index (χ2n) is 8.07. The summed E-state index contributed by atoms with van der Waals surface area (Å²) in [6.07, 6.45) is -0.211. The summed E-state index contributed by atoms with van der Waals surface area (Å²) in [7, 11) is 1.48. The number of nitrogens with zero attached hydrogens (tertiary/aromatic N) is 1. The van der Waals surface area contributed by atoms with Gasteiger partial charge in [-0.2, -0.15) is 0 Å². The highest BCUT2D eigenvalue weighted by atomic mass is 16.9. The first-order valence-corrected chi connectivity index (χ1v) is 9.04. The molecule has 26 heavy (non-hydrogen) atoms. The number of hydrogen-bond acceptors (Lipinski definition) is 7. The van der Waals surface area contributed by atoms with Crippen LogP contribution in [0, 0.1) is 0 Å². The van der Waals surface area contributed by atoms with E-state index in [2.05, 4.69) is 25.7 Å². The summed E-state index contributed by atoms with van der Waals surface area (Å²) in [6.45, 7) is 8.05. The van der Waals surface area contributed by atoms with Crippen molar-refractivity contribution in [1.82, 2.24) is 4.90 Å². The molecule has 0 amide bonds. The maximum Gasteiger partial charge on any atom is 0.453 e. The predicted octanol–water partition coefficient (Wildman–Crippen LogP) is 1.54. The molecule has 2 aliphatic heterocycles. The summed E-state index contributed by atoms with van der Waals surface area (Å²) < 4.78 is 16.3. The standard InChI is InChI=1S/C19H29NO6/c1-18(2,3)25-13-5-6-15-14-10-16(24-4)17(26-19(21,22)23)9-12(14)7-8-20(15)11-13/h9-10,13,15,21-23H,5-8,11H2,1-4H3. The maximum atomic E-state index is 9.12. The molecule has 2 heterocycles. The van der Waals surface area contributed by atoms with Gasteiger partial charge in [0, 0.05) is 19.1 Å². The van der Waals surface area contributed by atoms with Gasteiger partial charge >= 0.3 is 6.16 Å². The molecule has 146 valence electrons. The van der Waals surface area contributed by atoms with Gasteiger partial charge in [-0.15, -0.1) is 0 Å². The zero-order valence-corrected chi connectivity index (χ0v) is 15.9. The maximum absolute atomic E-state index is 9.12. The first kappa shape index (κ1) is 19.4. The molecule has 1 fully saturated rings. The van der Waals surface area contributed by atoms with Crippen molar-refractivity contribution in [3.63, 3.8) is 0 Å². The van der Waals surface area contributed by atoms with Crippen LogP contribution in [-0.2, 0) is 11.2 Å². The lowest BCUT2D eigenvalue weighted by Gasteiger charge is -2.45. The lowest BCUT2D eigenvalue weighted by molar-refractivity contribution is -0.419. The molecule has 3 N–H and O–H groups in total. The Labute approximate surface area is 154 Å². The molecular weight excluding hydrogens is 338 g/mol. The van der Waals surface area contributed by atoms with Crippen LogP contribution in [0.25, 0.3) is 0 Å². The molecule has 2 unspecified atom stereocenters. The average Bonchev–Trinajstić information content (AvgIpc) is 2.50. The van der Waals surface area contributed by atoms with E-state index in [4.69, 9.17) is 29.5 Å². The number of benzene rings is 1. The second kappa shape index (κ2) is 6.98. The van der Waals surface area contributed by atoms with Crippen molar-refractivity contribution in [2.45, 2.75) is 63.9 Å². The third kappa shape index (κ3) is 4.47. The highest BCUT2D eigenvalue weighted by Gasteiger charge is 2.36. The first-order valence-electron chi connectivity index (χ1n) is 9.04. The van der Waals surface area contributed by atoms with Gasteiger partial charge in [-0.3, -0.25) is 4.90 Å². The van der Waals surface area contributed by atoms with Crippen LogP contribution >= 0.6 is 0 Å². The number of hydrogen-bond donors (Lipinski definition) is 3. The number of fused-ring (bicyclic) bond motifs is 3. The van der Waals surface area contributed by atoms with E-state index in [9.17, 15) is 0 Å². The van der Waals surface area contributed by atoms with Crippen LogP contribution in [0.4, 0.5) is 0 Å². The summed E-state index contributed by atoms with van der Waals surface area (Å²) in [4.78, 5) is 2.44. The smallest absolute Gasteiger partial charge is 0.453 e. The molecule has 1 saturated heterocycles. The van der Waals surface area contributed by atoms with Gasteiger partial charge in [0.1, 0.15) is 0 Å². The molecule has 0 bridgehead atoms. The van der Waals surface area contributed by atoms with Crippen LogP contribution in [0.1, 0.15) is 50.8 Å². The number of methoxy groups -OCH3 is 1. The van der Waals surface area contributed by atoms with Crippen molar-refractivity contribution >= 4 is 0 Å². The van der Waals surface area contributed by atoms with Crippen molar-refractivity contribution in [2.24, 2.45) is 0 Å². The molecular formula is C19H29NO6. The monoisotopic (exact) mass is 367 g/mol. The fourth-order valence-corrected chi connectivity index (χ4v) is 4.00. The highest BCUT2D eigenvalue weighted by molar-refractivity contribution is 5.49. The van der Waals surface area contributed by atoms with Crippen molar-refractivity contribution < 1.29 is 29.5 Å². The summed E-state index contributed by atoms with van der Waals surface area (Å²) in [5, 5.41) is 27.3. The van der Waals surface area contributed by atoms with E-state index in [0.717, 1.165) is 43.5 Å². The molecule has 7 heteroatoms. The van der Waals surface area contributed by atoms with E-state index in [0.29, 0.717) is 5.75 Å². The van der Waals surface area contributed by atoms with Crippen LogP contribution in [-0.4, -0.2) is 58.3 Å². The van der Waals surface area contributed by atoms with Crippen LogP contribution in [0.15, 0.2) is 12.1 Å².